The van der Waals surface area contributed by atoms with Crippen molar-refractivity contribution >= 4 is 40.3 Å². The molecule has 220 valence electrons. The van der Waals surface area contributed by atoms with Crippen molar-refractivity contribution in [1.29, 1.82) is 0 Å². The number of hydrogen-bond acceptors (Lipinski definition) is 5. The van der Waals surface area contributed by atoms with Crippen molar-refractivity contribution in [2.75, 3.05) is 37.6 Å². The Kier molecular flexibility index (Phi) is 8.73. The van der Waals surface area contributed by atoms with Crippen LogP contribution in [0.1, 0.15) is 38.3 Å². The number of aryl methyl sites for hydroxylation is 1. The molecule has 5 rings (SSSR count). The van der Waals surface area contributed by atoms with E-state index in [1.807, 2.05) is 68.4 Å². The SMILES string of the molecule is Cc1c[nH]c2ncc(-c3ccccc3)c(N3CCN(C(=O)CCN(Cc4ccc(Cl)cc4)C(=O)OC(C)(C)C)CC3)c12. The number of aromatic amines is 1. The van der Waals surface area contributed by atoms with Crippen molar-refractivity contribution in [3.8, 4) is 11.1 Å². The van der Waals surface area contributed by atoms with Crippen LogP contribution in [0.2, 0.25) is 5.02 Å². The van der Waals surface area contributed by atoms with Gasteiger partial charge >= 0.3 is 6.09 Å². The third-order valence-electron chi connectivity index (χ3n) is 7.44. The lowest BCUT2D eigenvalue weighted by Crippen LogP contribution is -2.49. The zero-order valence-electron chi connectivity index (χ0n) is 24.7. The summed E-state index contributed by atoms with van der Waals surface area (Å²) in [5.41, 5.74) is 5.64. The number of nitrogens with one attached hydrogen (secondary N) is 1. The number of H-pyrrole nitrogens is 1. The second-order valence-corrected chi connectivity index (χ2v) is 12.2. The van der Waals surface area contributed by atoms with Crippen molar-refractivity contribution in [3.63, 3.8) is 0 Å². The van der Waals surface area contributed by atoms with Crippen LogP contribution in [0, 0.1) is 6.92 Å². The van der Waals surface area contributed by atoms with Crippen molar-refractivity contribution < 1.29 is 14.3 Å². The van der Waals surface area contributed by atoms with Crippen molar-refractivity contribution in [2.45, 2.75) is 46.3 Å². The van der Waals surface area contributed by atoms with Crippen molar-refractivity contribution in [2.24, 2.45) is 0 Å². The molecule has 1 saturated heterocycles. The number of carbonyl (C=O) groups excluding carboxylic acids is 2. The number of anilines is 1. The zero-order valence-corrected chi connectivity index (χ0v) is 25.4. The Morgan fingerprint density at radius 3 is 2.38 bits per heavy atom. The minimum absolute atomic E-state index is 0.0281. The van der Waals surface area contributed by atoms with Crippen LogP contribution in [0.3, 0.4) is 0 Å². The highest BCUT2D eigenvalue weighted by Crippen LogP contribution is 2.38. The Labute approximate surface area is 252 Å². The summed E-state index contributed by atoms with van der Waals surface area (Å²) >= 11 is 6.04. The molecule has 3 heterocycles. The first-order valence-corrected chi connectivity index (χ1v) is 14.7. The van der Waals surface area contributed by atoms with Crippen LogP contribution in [-0.4, -0.2) is 70.1 Å². The van der Waals surface area contributed by atoms with Gasteiger partial charge in [-0.25, -0.2) is 9.78 Å². The Hall–Kier alpha value is -4.04. The number of amides is 2. The molecule has 0 unspecified atom stereocenters. The quantitative estimate of drug-likeness (QED) is 0.261. The molecule has 0 bridgehead atoms. The Balaban J connectivity index is 1.27. The molecule has 1 N–H and O–H groups in total. The van der Waals surface area contributed by atoms with Gasteiger partial charge in [0, 0.05) is 74.1 Å². The molecule has 42 heavy (non-hydrogen) atoms. The highest BCUT2D eigenvalue weighted by Gasteiger charge is 2.27. The minimum Gasteiger partial charge on any atom is -0.444 e. The van der Waals surface area contributed by atoms with Gasteiger partial charge in [-0.3, -0.25) is 4.79 Å². The summed E-state index contributed by atoms with van der Waals surface area (Å²) in [5.74, 6) is 0.0281. The number of aromatic nitrogens is 2. The van der Waals surface area contributed by atoms with E-state index in [-0.39, 0.29) is 18.9 Å². The summed E-state index contributed by atoms with van der Waals surface area (Å²) < 4.78 is 5.64. The predicted octanol–water partition coefficient (Wildman–Crippen LogP) is 6.67. The lowest BCUT2D eigenvalue weighted by atomic mass is 10.0. The molecule has 4 aromatic rings. The van der Waals surface area contributed by atoms with E-state index >= 15 is 0 Å². The maximum atomic E-state index is 13.4. The summed E-state index contributed by atoms with van der Waals surface area (Å²) in [6.45, 7) is 10.8. The van der Waals surface area contributed by atoms with Gasteiger partial charge in [0.25, 0.3) is 0 Å². The normalized spacial score (nSPS) is 13.8. The van der Waals surface area contributed by atoms with Crippen molar-refractivity contribution in [1.82, 2.24) is 19.8 Å². The summed E-state index contributed by atoms with van der Waals surface area (Å²) in [5, 5.41) is 1.75. The van der Waals surface area contributed by atoms with Crippen molar-refractivity contribution in [3.05, 3.63) is 83.1 Å². The highest BCUT2D eigenvalue weighted by atomic mass is 35.5. The number of benzene rings is 2. The van der Waals surface area contributed by atoms with Crippen LogP contribution >= 0.6 is 11.6 Å². The summed E-state index contributed by atoms with van der Waals surface area (Å²) in [6, 6.07) is 17.7. The fourth-order valence-electron chi connectivity index (χ4n) is 5.33. The van der Waals surface area contributed by atoms with Crippen LogP contribution in [0.4, 0.5) is 10.5 Å². The van der Waals surface area contributed by atoms with Gasteiger partial charge in [0.15, 0.2) is 0 Å². The molecule has 2 aromatic carbocycles. The number of rotatable bonds is 7. The highest BCUT2D eigenvalue weighted by molar-refractivity contribution is 6.30. The third kappa shape index (κ3) is 6.87. The molecule has 0 saturated carbocycles. The van der Waals surface area contributed by atoms with E-state index in [0.29, 0.717) is 37.7 Å². The Morgan fingerprint density at radius 1 is 1.02 bits per heavy atom. The standard InChI is InChI=1S/C33H38ClN5O3/c1-23-20-35-31-29(23)30(27(21-36-31)25-8-6-5-7-9-25)38-18-16-37(17-19-38)28(40)14-15-39(32(41)42-33(2,3)4)22-24-10-12-26(34)13-11-24/h5-13,20-21H,14-19,22H2,1-4H3,(H,35,36). The summed E-state index contributed by atoms with van der Waals surface area (Å²) in [7, 11) is 0. The summed E-state index contributed by atoms with van der Waals surface area (Å²) in [6.07, 6.45) is 3.72. The molecule has 0 aliphatic carbocycles. The van der Waals surface area contributed by atoms with Gasteiger partial charge in [0.1, 0.15) is 11.2 Å². The zero-order chi connectivity index (χ0) is 29.9. The van der Waals surface area contributed by atoms with E-state index in [1.165, 1.54) is 0 Å². The van der Waals surface area contributed by atoms with E-state index in [9.17, 15) is 9.59 Å². The molecule has 2 amide bonds. The van der Waals surface area contributed by atoms with Crippen LogP contribution in [0.15, 0.2) is 67.0 Å². The molecule has 1 aliphatic heterocycles. The number of nitrogens with zero attached hydrogens (tertiary/aromatic N) is 4. The molecule has 8 nitrogen and oxygen atoms in total. The van der Waals surface area contributed by atoms with Gasteiger partial charge in [-0.05, 0) is 56.5 Å². The number of pyridine rings is 1. The van der Waals surface area contributed by atoms with Gasteiger partial charge in [-0.15, -0.1) is 0 Å². The van der Waals surface area contributed by atoms with Gasteiger partial charge in [-0.2, -0.15) is 0 Å². The van der Waals surface area contributed by atoms with Crippen LogP contribution < -0.4 is 4.90 Å². The largest absolute Gasteiger partial charge is 0.444 e. The minimum atomic E-state index is -0.634. The number of hydrogen-bond donors (Lipinski definition) is 1. The van der Waals surface area contributed by atoms with Gasteiger partial charge < -0.3 is 24.4 Å². The number of fused-ring (bicyclic) bond motifs is 1. The first-order valence-electron chi connectivity index (χ1n) is 14.4. The van der Waals surface area contributed by atoms with Gasteiger partial charge in [0.2, 0.25) is 5.91 Å². The van der Waals surface area contributed by atoms with E-state index in [2.05, 4.69) is 28.9 Å². The first kappa shape index (κ1) is 29.5. The third-order valence-corrected chi connectivity index (χ3v) is 7.69. The monoisotopic (exact) mass is 587 g/mol. The molecule has 2 aromatic heterocycles. The maximum absolute atomic E-state index is 13.4. The molecule has 1 fully saturated rings. The van der Waals surface area contributed by atoms with E-state index < -0.39 is 11.7 Å². The Bertz CT molecular complexity index is 1540. The molecular formula is C33H38ClN5O3. The average Bonchev–Trinajstić information content (AvgIpc) is 3.35. The maximum Gasteiger partial charge on any atom is 0.410 e. The molecule has 0 spiro atoms. The predicted molar refractivity (Wildman–Crippen MR) is 168 cm³/mol. The fraction of sp³-hybridized carbons (Fsp3) is 0.364. The average molecular weight is 588 g/mol. The topological polar surface area (TPSA) is 81.8 Å². The lowest BCUT2D eigenvalue weighted by Gasteiger charge is -2.37. The second kappa shape index (κ2) is 12.4. The first-order chi connectivity index (χ1) is 20.1. The van der Waals surface area contributed by atoms with E-state index in [0.717, 1.165) is 39.0 Å². The Morgan fingerprint density at radius 2 is 1.71 bits per heavy atom. The molecule has 9 heteroatoms. The van der Waals surface area contributed by atoms with Crippen LogP contribution in [0.5, 0.6) is 0 Å². The number of piperazine rings is 1. The molecule has 0 radical (unpaired) electrons. The van der Waals surface area contributed by atoms with Gasteiger partial charge in [0.05, 0.1) is 5.69 Å². The number of ether oxygens (including phenoxy) is 1. The smallest absolute Gasteiger partial charge is 0.410 e. The molecular weight excluding hydrogens is 550 g/mol. The van der Waals surface area contributed by atoms with E-state index in [4.69, 9.17) is 21.3 Å². The lowest BCUT2D eigenvalue weighted by molar-refractivity contribution is -0.131. The van der Waals surface area contributed by atoms with Crippen LogP contribution in [-0.2, 0) is 16.1 Å². The fourth-order valence-corrected chi connectivity index (χ4v) is 5.46. The molecule has 0 atom stereocenters. The van der Waals surface area contributed by atoms with E-state index in [1.54, 1.807) is 17.0 Å². The number of carbonyl (C=O) groups is 2. The second-order valence-electron chi connectivity index (χ2n) is 11.7. The van der Waals surface area contributed by atoms with Crippen LogP contribution in [0.25, 0.3) is 22.2 Å². The summed E-state index contributed by atoms with van der Waals surface area (Å²) in [4.78, 5) is 40.2. The van der Waals surface area contributed by atoms with Gasteiger partial charge in [-0.1, -0.05) is 54.1 Å². The number of halogens is 1. The molecule has 1 aliphatic rings.